The third-order valence-electron chi connectivity index (χ3n) is 3.94. The molecule has 82 valence electrons. The normalized spacial score (nSPS) is 30.6. The molecule has 0 aromatic heterocycles. The van der Waals surface area contributed by atoms with Crippen molar-refractivity contribution in [2.75, 3.05) is 0 Å². The molecule has 0 spiro atoms. The van der Waals surface area contributed by atoms with Crippen LogP contribution in [-0.4, -0.2) is 0 Å². The molecular formula is C15H22. The molecule has 0 aromatic rings. The molecule has 15 heavy (non-hydrogen) atoms. The van der Waals surface area contributed by atoms with E-state index < -0.39 is 0 Å². The molecule has 0 saturated heterocycles. The molecular weight excluding hydrogens is 180 g/mol. The first kappa shape index (κ1) is 10.7. The maximum Gasteiger partial charge on any atom is 0.00538 e. The van der Waals surface area contributed by atoms with Crippen LogP contribution < -0.4 is 0 Å². The molecule has 0 fully saturated rings. The van der Waals surface area contributed by atoms with Crippen molar-refractivity contribution in [2.24, 2.45) is 17.8 Å². The largest absolute Gasteiger partial charge is 0.0810 e. The molecule has 0 aliphatic heterocycles. The second kappa shape index (κ2) is 4.00. The Morgan fingerprint density at radius 3 is 2.60 bits per heavy atom. The summed E-state index contributed by atoms with van der Waals surface area (Å²) in [4.78, 5) is 0. The lowest BCUT2D eigenvalue weighted by molar-refractivity contribution is 0.317. The van der Waals surface area contributed by atoms with Crippen molar-refractivity contribution < 1.29 is 0 Å². The highest BCUT2D eigenvalue weighted by Gasteiger charge is 2.30. The van der Waals surface area contributed by atoms with Crippen molar-refractivity contribution in [1.29, 1.82) is 0 Å². The van der Waals surface area contributed by atoms with Gasteiger partial charge in [0.05, 0.1) is 0 Å². The maximum atomic E-state index is 2.51. The average molecular weight is 202 g/mol. The van der Waals surface area contributed by atoms with E-state index in [0.29, 0.717) is 5.92 Å². The van der Waals surface area contributed by atoms with Gasteiger partial charge in [0, 0.05) is 5.92 Å². The second-order valence-corrected chi connectivity index (χ2v) is 5.43. The minimum atomic E-state index is 0.698. The first-order chi connectivity index (χ1) is 7.09. The zero-order valence-corrected chi connectivity index (χ0v) is 10.4. The van der Waals surface area contributed by atoms with Crippen LogP contribution in [-0.2, 0) is 0 Å². The van der Waals surface area contributed by atoms with Crippen LogP contribution in [0.25, 0.3) is 0 Å². The van der Waals surface area contributed by atoms with Crippen LogP contribution >= 0.6 is 0 Å². The monoisotopic (exact) mass is 202 g/mol. The van der Waals surface area contributed by atoms with E-state index in [1.54, 1.807) is 11.1 Å². The molecule has 0 radical (unpaired) electrons. The Labute approximate surface area is 93.8 Å². The lowest BCUT2D eigenvalue weighted by atomic mass is 9.69. The molecule has 0 saturated carbocycles. The Morgan fingerprint density at radius 2 is 1.93 bits per heavy atom. The standard InChI is InChI=1S/C15H22/c1-10(2)13-8-6-12(4)14-7-5-11(3)9-15(13)14/h6-7,9-10,13,15H,5,8H2,1-4H3/t13-,15+/m0/s1. The van der Waals surface area contributed by atoms with Gasteiger partial charge in [-0.15, -0.1) is 0 Å². The van der Waals surface area contributed by atoms with Gasteiger partial charge in [0.1, 0.15) is 0 Å². The van der Waals surface area contributed by atoms with Gasteiger partial charge in [-0.05, 0) is 44.1 Å². The van der Waals surface area contributed by atoms with E-state index in [1.807, 2.05) is 0 Å². The number of fused-ring (bicyclic) bond motifs is 1. The Bertz CT molecular complexity index is 339. The highest BCUT2D eigenvalue weighted by atomic mass is 14.3. The Hall–Kier alpha value is -0.780. The molecule has 2 aliphatic rings. The van der Waals surface area contributed by atoms with Gasteiger partial charge in [-0.1, -0.05) is 43.2 Å². The average Bonchev–Trinajstić information content (AvgIpc) is 2.17. The van der Waals surface area contributed by atoms with Crippen molar-refractivity contribution in [3.05, 3.63) is 34.9 Å². The minimum absolute atomic E-state index is 0.698. The van der Waals surface area contributed by atoms with Crippen LogP contribution in [0.2, 0.25) is 0 Å². The fourth-order valence-electron chi connectivity index (χ4n) is 2.91. The number of rotatable bonds is 1. The van der Waals surface area contributed by atoms with Crippen molar-refractivity contribution in [3.8, 4) is 0 Å². The van der Waals surface area contributed by atoms with Crippen LogP contribution in [0.4, 0.5) is 0 Å². The predicted octanol–water partition coefficient (Wildman–Crippen LogP) is 4.50. The molecule has 0 heterocycles. The fraction of sp³-hybridized carbons (Fsp3) is 0.600. The van der Waals surface area contributed by atoms with Crippen molar-refractivity contribution >= 4 is 0 Å². The van der Waals surface area contributed by atoms with E-state index in [9.17, 15) is 0 Å². The molecule has 0 heteroatoms. The van der Waals surface area contributed by atoms with Crippen molar-refractivity contribution in [1.82, 2.24) is 0 Å². The van der Waals surface area contributed by atoms with Gasteiger partial charge in [-0.2, -0.15) is 0 Å². The predicted molar refractivity (Wildman–Crippen MR) is 66.6 cm³/mol. The summed E-state index contributed by atoms with van der Waals surface area (Å²) in [5, 5.41) is 0. The Morgan fingerprint density at radius 1 is 1.20 bits per heavy atom. The van der Waals surface area contributed by atoms with Crippen LogP contribution in [0.5, 0.6) is 0 Å². The lowest BCUT2D eigenvalue weighted by Crippen LogP contribution is -2.25. The SMILES string of the molecule is CC1=C[C@H]2C(=CC1)C(C)=CC[C@H]2C(C)C. The zero-order valence-electron chi connectivity index (χ0n) is 10.4. The maximum absolute atomic E-state index is 2.51. The number of hydrogen-bond donors (Lipinski definition) is 0. The smallest absolute Gasteiger partial charge is 0.00538 e. The summed E-state index contributed by atoms with van der Waals surface area (Å²) in [5.41, 5.74) is 4.66. The summed E-state index contributed by atoms with van der Waals surface area (Å²) in [5.74, 6) is 2.30. The number of hydrogen-bond acceptors (Lipinski definition) is 0. The van der Waals surface area contributed by atoms with Gasteiger partial charge in [-0.25, -0.2) is 0 Å². The van der Waals surface area contributed by atoms with E-state index in [2.05, 4.69) is 45.9 Å². The molecule has 2 rings (SSSR count). The summed E-state index contributed by atoms with van der Waals surface area (Å²) in [6.07, 6.45) is 9.80. The molecule has 2 aliphatic carbocycles. The number of allylic oxidation sites excluding steroid dienone is 6. The molecule has 0 amide bonds. The minimum Gasteiger partial charge on any atom is -0.0810 e. The second-order valence-electron chi connectivity index (χ2n) is 5.43. The summed E-state index contributed by atoms with van der Waals surface area (Å²) >= 11 is 0. The Balaban J connectivity index is 2.34. The summed E-state index contributed by atoms with van der Waals surface area (Å²) in [7, 11) is 0. The molecule has 0 aromatic carbocycles. The third-order valence-corrected chi connectivity index (χ3v) is 3.94. The van der Waals surface area contributed by atoms with Crippen LogP contribution in [0.15, 0.2) is 34.9 Å². The van der Waals surface area contributed by atoms with Gasteiger partial charge < -0.3 is 0 Å². The highest BCUT2D eigenvalue weighted by molar-refractivity contribution is 5.41. The van der Waals surface area contributed by atoms with E-state index >= 15 is 0 Å². The Kier molecular flexibility index (Phi) is 2.86. The van der Waals surface area contributed by atoms with Gasteiger partial charge in [-0.3, -0.25) is 0 Å². The van der Waals surface area contributed by atoms with Gasteiger partial charge in [0.25, 0.3) is 0 Å². The van der Waals surface area contributed by atoms with Gasteiger partial charge in [0.15, 0.2) is 0 Å². The van der Waals surface area contributed by atoms with E-state index in [1.165, 1.54) is 12.0 Å². The highest BCUT2D eigenvalue weighted by Crippen LogP contribution is 2.42. The van der Waals surface area contributed by atoms with E-state index in [0.717, 1.165) is 18.3 Å². The van der Waals surface area contributed by atoms with Crippen LogP contribution in [0, 0.1) is 17.8 Å². The topological polar surface area (TPSA) is 0 Å². The molecule has 0 N–H and O–H groups in total. The third kappa shape index (κ3) is 1.95. The lowest BCUT2D eigenvalue weighted by Gasteiger charge is -2.36. The van der Waals surface area contributed by atoms with E-state index in [4.69, 9.17) is 0 Å². The molecule has 2 atom stereocenters. The summed E-state index contributed by atoms with van der Waals surface area (Å²) in [6, 6.07) is 0. The summed E-state index contributed by atoms with van der Waals surface area (Å²) in [6.45, 7) is 9.24. The van der Waals surface area contributed by atoms with Gasteiger partial charge >= 0.3 is 0 Å². The van der Waals surface area contributed by atoms with Gasteiger partial charge in [0.2, 0.25) is 0 Å². The molecule has 0 bridgehead atoms. The van der Waals surface area contributed by atoms with E-state index in [-0.39, 0.29) is 0 Å². The zero-order chi connectivity index (χ0) is 11.0. The first-order valence-corrected chi connectivity index (χ1v) is 6.14. The van der Waals surface area contributed by atoms with Crippen LogP contribution in [0.1, 0.15) is 40.5 Å². The molecule has 0 nitrogen and oxygen atoms in total. The summed E-state index contributed by atoms with van der Waals surface area (Å²) < 4.78 is 0. The van der Waals surface area contributed by atoms with Crippen molar-refractivity contribution in [3.63, 3.8) is 0 Å². The fourth-order valence-corrected chi connectivity index (χ4v) is 2.91. The first-order valence-electron chi connectivity index (χ1n) is 6.14. The van der Waals surface area contributed by atoms with Crippen molar-refractivity contribution in [2.45, 2.75) is 40.5 Å². The molecule has 0 unspecified atom stereocenters. The quantitative estimate of drug-likeness (QED) is 0.549. The van der Waals surface area contributed by atoms with Crippen LogP contribution in [0.3, 0.4) is 0 Å².